The van der Waals surface area contributed by atoms with Crippen LogP contribution in [0, 0.1) is 0 Å². The molecule has 0 saturated heterocycles. The van der Waals surface area contributed by atoms with Crippen LogP contribution in [0.5, 0.6) is 0 Å². The lowest BCUT2D eigenvalue weighted by molar-refractivity contribution is 0.0786. The summed E-state index contributed by atoms with van der Waals surface area (Å²) in [4.78, 5) is 29.2. The number of anilines is 2. The largest absolute Gasteiger partial charge is 0.378 e. The van der Waals surface area contributed by atoms with Crippen molar-refractivity contribution in [2.45, 2.75) is 6.54 Å². The summed E-state index contributed by atoms with van der Waals surface area (Å²) in [5, 5.41) is 2.85. The lowest BCUT2D eigenvalue weighted by Gasteiger charge is -2.20. The van der Waals surface area contributed by atoms with E-state index < -0.39 is 0 Å². The van der Waals surface area contributed by atoms with Gasteiger partial charge in [-0.25, -0.2) is 0 Å². The van der Waals surface area contributed by atoms with Crippen LogP contribution >= 0.6 is 0 Å². The highest BCUT2D eigenvalue weighted by molar-refractivity contribution is 6.08. The van der Waals surface area contributed by atoms with Crippen molar-refractivity contribution in [3.05, 3.63) is 95.6 Å². The number of hydrogen-bond acceptors (Lipinski definition) is 3. The van der Waals surface area contributed by atoms with Crippen LogP contribution in [0.4, 0.5) is 11.4 Å². The second kappa shape index (κ2) is 9.06. The molecule has 0 unspecified atom stereocenters. The predicted octanol–water partition coefficient (Wildman–Crippen LogP) is 4.28. The third-order valence-electron chi connectivity index (χ3n) is 4.66. The number of rotatable bonds is 6. The Bertz CT molecular complexity index is 983. The molecular weight excluding hydrogens is 362 g/mol. The molecule has 0 aliphatic rings. The number of nitrogens with zero attached hydrogens (tertiary/aromatic N) is 2. The maximum atomic E-state index is 13.0. The Morgan fingerprint density at radius 1 is 0.793 bits per heavy atom. The Kier molecular flexibility index (Phi) is 6.29. The van der Waals surface area contributed by atoms with Crippen LogP contribution in [0.2, 0.25) is 0 Å². The summed E-state index contributed by atoms with van der Waals surface area (Å²) in [5.74, 6) is -0.390. The maximum absolute atomic E-state index is 13.0. The van der Waals surface area contributed by atoms with Gasteiger partial charge in [0.05, 0.1) is 11.3 Å². The van der Waals surface area contributed by atoms with E-state index in [0.717, 1.165) is 11.3 Å². The number of para-hydroxylation sites is 1. The first-order valence-corrected chi connectivity index (χ1v) is 9.43. The van der Waals surface area contributed by atoms with Crippen LogP contribution in [0.1, 0.15) is 26.3 Å². The van der Waals surface area contributed by atoms with Gasteiger partial charge < -0.3 is 15.1 Å². The quantitative estimate of drug-likeness (QED) is 0.687. The fraction of sp³-hybridized carbons (Fsp3) is 0.167. The number of carbonyl (C=O) groups is 2. The van der Waals surface area contributed by atoms with Crippen molar-refractivity contribution in [3.8, 4) is 0 Å². The van der Waals surface area contributed by atoms with Crippen molar-refractivity contribution >= 4 is 23.2 Å². The monoisotopic (exact) mass is 387 g/mol. The Morgan fingerprint density at radius 3 is 2.07 bits per heavy atom. The van der Waals surface area contributed by atoms with E-state index in [9.17, 15) is 9.59 Å². The van der Waals surface area contributed by atoms with E-state index in [1.807, 2.05) is 49.3 Å². The Labute approximate surface area is 171 Å². The average molecular weight is 387 g/mol. The van der Waals surface area contributed by atoms with Crippen LogP contribution < -0.4 is 10.2 Å². The van der Waals surface area contributed by atoms with E-state index in [0.29, 0.717) is 23.4 Å². The van der Waals surface area contributed by atoms with Gasteiger partial charge in [0.25, 0.3) is 11.8 Å². The minimum atomic E-state index is -0.243. The highest BCUT2D eigenvalue weighted by Crippen LogP contribution is 2.20. The minimum absolute atomic E-state index is 0.148. The number of nitrogens with one attached hydrogen (secondary N) is 1. The maximum Gasteiger partial charge on any atom is 0.256 e. The van der Waals surface area contributed by atoms with Crippen LogP contribution in [0.15, 0.2) is 78.9 Å². The molecule has 0 spiro atoms. The Morgan fingerprint density at radius 2 is 1.41 bits per heavy atom. The molecule has 0 aliphatic carbocycles. The minimum Gasteiger partial charge on any atom is -0.378 e. The first-order chi connectivity index (χ1) is 14.0. The molecule has 148 valence electrons. The van der Waals surface area contributed by atoms with E-state index in [-0.39, 0.29) is 11.8 Å². The molecule has 0 aliphatic heterocycles. The summed E-state index contributed by atoms with van der Waals surface area (Å²) in [7, 11) is 5.74. The molecule has 0 heterocycles. The lowest BCUT2D eigenvalue weighted by Crippen LogP contribution is -2.27. The SMILES string of the molecule is CN(Cc1ccc(N(C)C)cc1)C(=O)c1ccccc1NC(=O)c1ccccc1. The second-order valence-corrected chi connectivity index (χ2v) is 7.09. The molecule has 5 heteroatoms. The molecular formula is C24H25N3O2. The summed E-state index contributed by atoms with van der Waals surface area (Å²) in [5.41, 5.74) is 3.66. The third kappa shape index (κ3) is 5.02. The van der Waals surface area contributed by atoms with Gasteiger partial charge in [-0.2, -0.15) is 0 Å². The molecule has 0 aromatic heterocycles. The van der Waals surface area contributed by atoms with Crippen molar-refractivity contribution < 1.29 is 9.59 Å². The highest BCUT2D eigenvalue weighted by atomic mass is 16.2. The van der Waals surface area contributed by atoms with Gasteiger partial charge >= 0.3 is 0 Å². The van der Waals surface area contributed by atoms with Crippen LogP contribution in [-0.2, 0) is 6.54 Å². The molecule has 0 fully saturated rings. The zero-order valence-corrected chi connectivity index (χ0v) is 16.9. The molecule has 5 nitrogen and oxygen atoms in total. The normalized spacial score (nSPS) is 10.3. The molecule has 0 atom stereocenters. The summed E-state index contributed by atoms with van der Waals surface area (Å²) in [6, 6.07) is 24.1. The van der Waals surface area contributed by atoms with Crippen molar-refractivity contribution in [1.82, 2.24) is 4.90 Å². The molecule has 29 heavy (non-hydrogen) atoms. The summed E-state index contributed by atoms with van der Waals surface area (Å²) in [6.07, 6.45) is 0. The van der Waals surface area contributed by atoms with Gasteiger partial charge in [-0.1, -0.05) is 42.5 Å². The fourth-order valence-electron chi connectivity index (χ4n) is 3.01. The number of benzene rings is 3. The topological polar surface area (TPSA) is 52.6 Å². The van der Waals surface area contributed by atoms with Crippen LogP contribution in [-0.4, -0.2) is 37.9 Å². The van der Waals surface area contributed by atoms with Gasteiger partial charge in [0.2, 0.25) is 0 Å². The fourth-order valence-corrected chi connectivity index (χ4v) is 3.01. The highest BCUT2D eigenvalue weighted by Gasteiger charge is 2.17. The molecule has 0 radical (unpaired) electrons. The lowest BCUT2D eigenvalue weighted by atomic mass is 10.1. The number of hydrogen-bond donors (Lipinski definition) is 1. The van der Waals surface area contributed by atoms with Crippen molar-refractivity contribution in [3.63, 3.8) is 0 Å². The Balaban J connectivity index is 1.74. The van der Waals surface area contributed by atoms with Gasteiger partial charge in [-0.15, -0.1) is 0 Å². The van der Waals surface area contributed by atoms with E-state index in [2.05, 4.69) is 5.32 Å². The van der Waals surface area contributed by atoms with E-state index in [4.69, 9.17) is 0 Å². The molecule has 2 amide bonds. The van der Waals surface area contributed by atoms with Gasteiger partial charge in [-0.05, 0) is 42.0 Å². The molecule has 3 rings (SSSR count). The van der Waals surface area contributed by atoms with Crippen LogP contribution in [0.3, 0.4) is 0 Å². The molecule has 3 aromatic carbocycles. The molecule has 0 bridgehead atoms. The number of amides is 2. The standard InChI is InChI=1S/C24H25N3O2/c1-26(2)20-15-13-18(14-16-20)17-27(3)24(29)21-11-7-8-12-22(21)25-23(28)19-9-5-4-6-10-19/h4-16H,17H2,1-3H3,(H,25,28). The third-order valence-corrected chi connectivity index (χ3v) is 4.66. The van der Waals surface area contributed by atoms with Crippen molar-refractivity contribution in [1.29, 1.82) is 0 Å². The zero-order chi connectivity index (χ0) is 20.8. The van der Waals surface area contributed by atoms with E-state index in [1.165, 1.54) is 0 Å². The number of carbonyl (C=O) groups excluding carboxylic acids is 2. The molecule has 3 aromatic rings. The van der Waals surface area contributed by atoms with Gasteiger partial charge in [-0.3, -0.25) is 9.59 Å². The molecule has 0 saturated carbocycles. The summed E-state index contributed by atoms with van der Waals surface area (Å²) in [6.45, 7) is 0.480. The van der Waals surface area contributed by atoms with Crippen molar-refractivity contribution in [2.24, 2.45) is 0 Å². The van der Waals surface area contributed by atoms with Crippen LogP contribution in [0.25, 0.3) is 0 Å². The molecule has 1 N–H and O–H groups in total. The second-order valence-electron chi connectivity index (χ2n) is 7.09. The smallest absolute Gasteiger partial charge is 0.256 e. The zero-order valence-electron chi connectivity index (χ0n) is 16.9. The average Bonchev–Trinajstić information content (AvgIpc) is 2.74. The van der Waals surface area contributed by atoms with Crippen molar-refractivity contribution in [2.75, 3.05) is 31.4 Å². The predicted molar refractivity (Wildman–Crippen MR) is 117 cm³/mol. The van der Waals surface area contributed by atoms with E-state index >= 15 is 0 Å². The Hall–Kier alpha value is -3.60. The summed E-state index contributed by atoms with van der Waals surface area (Å²) < 4.78 is 0. The van der Waals surface area contributed by atoms with Gasteiger partial charge in [0.1, 0.15) is 0 Å². The van der Waals surface area contributed by atoms with Gasteiger partial charge in [0.15, 0.2) is 0 Å². The first kappa shape index (κ1) is 20.1. The summed E-state index contributed by atoms with van der Waals surface area (Å²) >= 11 is 0. The van der Waals surface area contributed by atoms with E-state index in [1.54, 1.807) is 60.5 Å². The first-order valence-electron chi connectivity index (χ1n) is 9.43. The van der Waals surface area contributed by atoms with Gasteiger partial charge in [0, 0.05) is 38.9 Å².